The average Bonchev–Trinajstić information content (AvgIpc) is 2.67. The van der Waals surface area contributed by atoms with Crippen LogP contribution < -0.4 is 10.6 Å². The summed E-state index contributed by atoms with van der Waals surface area (Å²) in [7, 11) is 0. The maximum Gasteiger partial charge on any atom is 0.251 e. The highest BCUT2D eigenvalue weighted by Crippen LogP contribution is 2.26. The lowest BCUT2D eigenvalue weighted by atomic mass is 9.82. The first kappa shape index (κ1) is 18.4. The number of aryl methyl sites for hydroxylation is 1. The van der Waals surface area contributed by atoms with Gasteiger partial charge in [0.05, 0.1) is 11.6 Å². The third-order valence-corrected chi connectivity index (χ3v) is 5.12. The summed E-state index contributed by atoms with van der Waals surface area (Å²) in [5, 5.41) is 26.8. The second-order valence-electron chi connectivity index (χ2n) is 6.95. The van der Waals surface area contributed by atoms with E-state index in [0.29, 0.717) is 24.8 Å². The molecule has 0 aromatic heterocycles. The third-order valence-electron chi connectivity index (χ3n) is 5.12. The molecule has 1 unspecified atom stereocenters. The van der Waals surface area contributed by atoms with Gasteiger partial charge in [0, 0.05) is 5.56 Å². The second-order valence-corrected chi connectivity index (χ2v) is 6.95. The van der Waals surface area contributed by atoms with Crippen molar-refractivity contribution in [2.45, 2.75) is 37.3 Å². The quantitative estimate of drug-likeness (QED) is 0.641. The van der Waals surface area contributed by atoms with Gasteiger partial charge in [0.25, 0.3) is 5.91 Å². The maximum absolute atomic E-state index is 12.6. The molecule has 0 bridgehead atoms. The lowest BCUT2D eigenvalue weighted by molar-refractivity contribution is -0.0254. The van der Waals surface area contributed by atoms with Crippen molar-refractivity contribution in [3.05, 3.63) is 65.7 Å². The van der Waals surface area contributed by atoms with E-state index in [1.165, 1.54) is 17.7 Å². The van der Waals surface area contributed by atoms with Crippen LogP contribution in [0.5, 0.6) is 5.75 Å². The molecule has 5 heteroatoms. The van der Waals surface area contributed by atoms with Gasteiger partial charge in [-0.15, -0.1) is 0 Å². The smallest absolute Gasteiger partial charge is 0.251 e. The largest absolute Gasteiger partial charge is 0.508 e. The van der Waals surface area contributed by atoms with Crippen LogP contribution in [0.15, 0.2) is 54.6 Å². The number of rotatable bonds is 6. The average molecular weight is 354 g/mol. The van der Waals surface area contributed by atoms with Gasteiger partial charge in [-0.2, -0.15) is 0 Å². The number of carbonyl (C=O) groups is 1. The lowest BCUT2D eigenvalue weighted by Crippen LogP contribution is -2.57. The van der Waals surface area contributed by atoms with Crippen LogP contribution in [0.2, 0.25) is 0 Å². The normalized spacial score (nSPS) is 17.4. The van der Waals surface area contributed by atoms with Gasteiger partial charge in [0.1, 0.15) is 5.75 Å². The number of phenols is 1. The first-order valence-electron chi connectivity index (χ1n) is 9.14. The van der Waals surface area contributed by atoms with E-state index in [1.807, 2.05) is 18.2 Å². The summed E-state index contributed by atoms with van der Waals surface area (Å²) in [6, 6.07) is 15.9. The molecule has 0 spiro atoms. The Morgan fingerprint density at radius 2 is 1.73 bits per heavy atom. The molecule has 1 aliphatic heterocycles. The fraction of sp³-hybridized carbons (Fsp3) is 0.381. The molecule has 3 rings (SSSR count). The molecule has 0 radical (unpaired) electrons. The van der Waals surface area contributed by atoms with Crippen molar-refractivity contribution >= 4 is 5.91 Å². The van der Waals surface area contributed by atoms with Gasteiger partial charge in [-0.3, -0.25) is 4.79 Å². The van der Waals surface area contributed by atoms with E-state index in [9.17, 15) is 15.0 Å². The summed E-state index contributed by atoms with van der Waals surface area (Å²) in [6.45, 7) is 1.49. The molecule has 1 atom stereocenters. The number of aliphatic hydroxyl groups is 1. The van der Waals surface area contributed by atoms with Crippen molar-refractivity contribution in [2.24, 2.45) is 0 Å². The molecule has 4 N–H and O–H groups in total. The highest BCUT2D eigenvalue weighted by molar-refractivity contribution is 5.94. The fourth-order valence-electron chi connectivity index (χ4n) is 3.49. The van der Waals surface area contributed by atoms with Crippen LogP contribution in [0, 0.1) is 0 Å². The minimum absolute atomic E-state index is 0.124. The van der Waals surface area contributed by atoms with Crippen LogP contribution in [-0.4, -0.2) is 40.9 Å². The second kappa shape index (κ2) is 8.34. The lowest BCUT2D eigenvalue weighted by Gasteiger charge is -2.40. The van der Waals surface area contributed by atoms with Crippen LogP contribution in [0.1, 0.15) is 35.2 Å². The standard InChI is InChI=1S/C21H26N2O3/c24-18-9-7-17(8-10-18)20(25)23-19(21(26)12-14-22-15-13-21)11-6-16-4-2-1-3-5-16/h1-5,7-10,19,22,24,26H,6,11-15H2,(H,23,25). The molecular formula is C21H26N2O3. The fourth-order valence-corrected chi connectivity index (χ4v) is 3.49. The first-order valence-corrected chi connectivity index (χ1v) is 9.14. The predicted molar refractivity (Wildman–Crippen MR) is 101 cm³/mol. The molecule has 2 aromatic rings. The van der Waals surface area contributed by atoms with Gasteiger partial charge in [0.15, 0.2) is 0 Å². The molecule has 5 nitrogen and oxygen atoms in total. The van der Waals surface area contributed by atoms with E-state index in [0.717, 1.165) is 19.5 Å². The Hall–Kier alpha value is -2.37. The molecular weight excluding hydrogens is 328 g/mol. The van der Waals surface area contributed by atoms with Gasteiger partial charge >= 0.3 is 0 Å². The Morgan fingerprint density at radius 3 is 2.38 bits per heavy atom. The van der Waals surface area contributed by atoms with Crippen LogP contribution in [0.25, 0.3) is 0 Å². The minimum atomic E-state index is -0.910. The summed E-state index contributed by atoms with van der Waals surface area (Å²) in [6.07, 6.45) is 2.69. The predicted octanol–water partition coefficient (Wildman–Crippen LogP) is 2.24. The number of hydrogen-bond acceptors (Lipinski definition) is 4. The number of amides is 1. The van der Waals surface area contributed by atoms with Gasteiger partial charge in [0.2, 0.25) is 0 Å². The SMILES string of the molecule is O=C(NC(CCc1ccccc1)C1(O)CCNCC1)c1ccc(O)cc1. The summed E-state index contributed by atoms with van der Waals surface area (Å²) in [4.78, 5) is 12.6. The number of benzene rings is 2. The zero-order valence-corrected chi connectivity index (χ0v) is 14.8. The monoisotopic (exact) mass is 354 g/mol. The van der Waals surface area contributed by atoms with Crippen molar-refractivity contribution < 1.29 is 15.0 Å². The Balaban J connectivity index is 1.73. The highest BCUT2D eigenvalue weighted by Gasteiger charge is 2.38. The Labute approximate surface area is 154 Å². The first-order chi connectivity index (χ1) is 12.6. The van der Waals surface area contributed by atoms with Crippen molar-refractivity contribution in [1.29, 1.82) is 0 Å². The Morgan fingerprint density at radius 1 is 1.08 bits per heavy atom. The topological polar surface area (TPSA) is 81.6 Å². The van der Waals surface area contributed by atoms with Gasteiger partial charge < -0.3 is 20.8 Å². The number of aromatic hydroxyl groups is 1. The maximum atomic E-state index is 12.6. The molecule has 0 aliphatic carbocycles. The summed E-state index contributed by atoms with van der Waals surface area (Å²) < 4.78 is 0. The van der Waals surface area contributed by atoms with E-state index < -0.39 is 5.60 Å². The van der Waals surface area contributed by atoms with Crippen molar-refractivity contribution in [2.75, 3.05) is 13.1 Å². The molecule has 1 saturated heterocycles. The van der Waals surface area contributed by atoms with E-state index in [4.69, 9.17) is 0 Å². The van der Waals surface area contributed by atoms with Gasteiger partial charge in [-0.25, -0.2) is 0 Å². The molecule has 2 aromatic carbocycles. The third kappa shape index (κ3) is 4.62. The number of phenolic OH excluding ortho intramolecular Hbond substituents is 1. The van der Waals surface area contributed by atoms with Crippen LogP contribution in [-0.2, 0) is 6.42 Å². The van der Waals surface area contributed by atoms with Crippen LogP contribution >= 0.6 is 0 Å². The number of hydrogen-bond donors (Lipinski definition) is 4. The summed E-state index contributed by atoms with van der Waals surface area (Å²) >= 11 is 0. The molecule has 1 amide bonds. The van der Waals surface area contributed by atoms with E-state index in [2.05, 4.69) is 22.8 Å². The molecule has 1 heterocycles. The Bertz CT molecular complexity index is 710. The van der Waals surface area contributed by atoms with Gasteiger partial charge in [-0.05, 0) is 68.6 Å². The zero-order valence-electron chi connectivity index (χ0n) is 14.8. The van der Waals surface area contributed by atoms with Crippen LogP contribution in [0.3, 0.4) is 0 Å². The molecule has 138 valence electrons. The highest BCUT2D eigenvalue weighted by atomic mass is 16.3. The van der Waals surface area contributed by atoms with E-state index in [1.54, 1.807) is 12.1 Å². The molecule has 26 heavy (non-hydrogen) atoms. The van der Waals surface area contributed by atoms with E-state index >= 15 is 0 Å². The van der Waals surface area contributed by atoms with Crippen molar-refractivity contribution in [1.82, 2.24) is 10.6 Å². The van der Waals surface area contributed by atoms with Crippen molar-refractivity contribution in [3.63, 3.8) is 0 Å². The van der Waals surface area contributed by atoms with Gasteiger partial charge in [-0.1, -0.05) is 30.3 Å². The number of nitrogens with one attached hydrogen (secondary N) is 2. The summed E-state index contributed by atoms with van der Waals surface area (Å²) in [5.41, 5.74) is 0.756. The van der Waals surface area contributed by atoms with E-state index in [-0.39, 0.29) is 17.7 Å². The Kier molecular flexibility index (Phi) is 5.91. The molecule has 1 aliphatic rings. The number of piperidine rings is 1. The molecule has 0 saturated carbocycles. The van der Waals surface area contributed by atoms with Crippen LogP contribution in [0.4, 0.5) is 0 Å². The zero-order chi connectivity index (χ0) is 18.4. The van der Waals surface area contributed by atoms with Crippen molar-refractivity contribution in [3.8, 4) is 5.75 Å². The minimum Gasteiger partial charge on any atom is -0.508 e. The number of carbonyl (C=O) groups excluding carboxylic acids is 1. The summed E-state index contributed by atoms with van der Waals surface area (Å²) in [5.74, 6) is -0.103. The molecule has 1 fully saturated rings.